The van der Waals surface area contributed by atoms with Crippen molar-refractivity contribution < 1.29 is 14.6 Å². The fraction of sp³-hybridized carbons (Fsp3) is 0.500. The summed E-state index contributed by atoms with van der Waals surface area (Å²) in [5.41, 5.74) is 9.03. The molecular weight excluding hydrogens is 306 g/mol. The van der Waals surface area contributed by atoms with E-state index in [1.54, 1.807) is 36.4 Å². The highest BCUT2D eigenvalue weighted by molar-refractivity contribution is 5.89. The molecule has 1 aromatic carbocycles. The third-order valence-corrected chi connectivity index (χ3v) is 3.57. The summed E-state index contributed by atoms with van der Waals surface area (Å²) in [6.07, 6.45) is 8.24. The summed E-state index contributed by atoms with van der Waals surface area (Å²) in [6, 6.07) is 7.75. The number of carbonyl (C=O) groups excluding carboxylic acids is 1. The van der Waals surface area contributed by atoms with Gasteiger partial charge in [0.05, 0.1) is 12.2 Å². The molecule has 0 fully saturated rings. The second-order valence-corrected chi connectivity index (χ2v) is 5.47. The molecule has 0 saturated heterocycles. The smallest absolute Gasteiger partial charge is 0.338 e. The minimum Gasteiger partial charge on any atom is -0.454 e. The Bertz CT molecular complexity index is 554. The van der Waals surface area contributed by atoms with Crippen LogP contribution in [-0.2, 0) is 4.74 Å². The van der Waals surface area contributed by atoms with Gasteiger partial charge in [-0.15, -0.1) is 0 Å². The van der Waals surface area contributed by atoms with Gasteiger partial charge in [-0.05, 0) is 36.6 Å². The second kappa shape index (κ2) is 12.2. The summed E-state index contributed by atoms with van der Waals surface area (Å²) in [5.74, 6) is -0.511. The summed E-state index contributed by atoms with van der Waals surface area (Å²) in [7, 11) is 0. The molecule has 6 heteroatoms. The molecule has 24 heavy (non-hydrogen) atoms. The number of rotatable bonds is 11. The predicted octanol–water partition coefficient (Wildman–Crippen LogP) is 4.41. The molecule has 130 valence electrons. The maximum absolute atomic E-state index is 12.2. The number of hydrogen-bond acceptors (Lipinski definition) is 4. The molecule has 0 heterocycles. The topological polar surface area (TPSA) is 95.3 Å². The zero-order chi connectivity index (χ0) is 17.6. The van der Waals surface area contributed by atoms with E-state index in [4.69, 9.17) is 10.3 Å². The molecule has 0 spiro atoms. The van der Waals surface area contributed by atoms with E-state index in [9.17, 15) is 9.90 Å². The molecule has 0 bridgehead atoms. The first kappa shape index (κ1) is 19.7. The summed E-state index contributed by atoms with van der Waals surface area (Å²) in [6.45, 7) is 1.76. The number of esters is 1. The SMILES string of the molecule is CCCCCCC=C[C@@H](OC(=O)c1ccccc1)[C@H](CO)N=[N+]=[N-]. The second-order valence-electron chi connectivity index (χ2n) is 5.47. The third-order valence-electron chi connectivity index (χ3n) is 3.57. The molecule has 0 aliphatic carbocycles. The van der Waals surface area contributed by atoms with Crippen molar-refractivity contribution in [1.29, 1.82) is 0 Å². The molecule has 0 unspecified atom stereocenters. The van der Waals surface area contributed by atoms with Gasteiger partial charge >= 0.3 is 5.97 Å². The largest absolute Gasteiger partial charge is 0.454 e. The number of hydrogen-bond donors (Lipinski definition) is 1. The molecule has 0 aromatic heterocycles. The maximum atomic E-state index is 12.2. The monoisotopic (exact) mass is 331 g/mol. The van der Waals surface area contributed by atoms with Crippen LogP contribution in [0.5, 0.6) is 0 Å². The highest BCUT2D eigenvalue weighted by Gasteiger charge is 2.22. The van der Waals surface area contributed by atoms with E-state index < -0.39 is 24.7 Å². The van der Waals surface area contributed by atoms with Crippen LogP contribution in [0, 0.1) is 0 Å². The zero-order valence-corrected chi connectivity index (χ0v) is 14.0. The molecule has 1 rings (SSSR count). The Morgan fingerprint density at radius 1 is 1.33 bits per heavy atom. The van der Waals surface area contributed by atoms with Crippen molar-refractivity contribution in [2.45, 2.75) is 51.2 Å². The molecule has 0 saturated carbocycles. The van der Waals surface area contributed by atoms with Gasteiger partial charge in [-0.2, -0.15) is 0 Å². The van der Waals surface area contributed by atoms with Crippen molar-refractivity contribution in [1.82, 2.24) is 0 Å². The number of unbranched alkanes of at least 4 members (excludes halogenated alkanes) is 4. The number of carbonyl (C=O) groups is 1. The van der Waals surface area contributed by atoms with E-state index in [0.717, 1.165) is 19.3 Å². The number of aliphatic hydroxyl groups excluding tert-OH is 1. The minimum absolute atomic E-state index is 0.392. The average molecular weight is 331 g/mol. The van der Waals surface area contributed by atoms with Gasteiger partial charge in [-0.3, -0.25) is 0 Å². The van der Waals surface area contributed by atoms with Gasteiger partial charge in [0.2, 0.25) is 0 Å². The zero-order valence-electron chi connectivity index (χ0n) is 14.0. The lowest BCUT2D eigenvalue weighted by atomic mass is 10.1. The van der Waals surface area contributed by atoms with Gasteiger partial charge in [0.1, 0.15) is 12.1 Å². The molecule has 0 amide bonds. The van der Waals surface area contributed by atoms with Crippen molar-refractivity contribution in [3.63, 3.8) is 0 Å². The first-order chi connectivity index (χ1) is 11.7. The minimum atomic E-state index is -0.838. The van der Waals surface area contributed by atoms with Crippen molar-refractivity contribution >= 4 is 5.97 Å². The number of azide groups is 1. The summed E-state index contributed by atoms with van der Waals surface area (Å²) in [5, 5.41) is 12.9. The molecule has 0 aliphatic heterocycles. The molecule has 2 atom stereocenters. The Morgan fingerprint density at radius 3 is 2.71 bits per heavy atom. The predicted molar refractivity (Wildman–Crippen MR) is 93.6 cm³/mol. The van der Waals surface area contributed by atoms with Gasteiger partial charge in [-0.25, -0.2) is 4.79 Å². The Labute approximate surface area is 142 Å². The molecule has 0 radical (unpaired) electrons. The number of benzene rings is 1. The highest BCUT2D eigenvalue weighted by Crippen LogP contribution is 2.12. The number of allylic oxidation sites excluding steroid dienone is 1. The van der Waals surface area contributed by atoms with Gasteiger partial charge < -0.3 is 9.84 Å². The van der Waals surface area contributed by atoms with E-state index in [2.05, 4.69) is 16.9 Å². The first-order valence-corrected chi connectivity index (χ1v) is 8.30. The quantitative estimate of drug-likeness (QED) is 0.162. The number of aliphatic hydroxyl groups is 1. The Morgan fingerprint density at radius 2 is 2.08 bits per heavy atom. The summed E-state index contributed by atoms with van der Waals surface area (Å²) >= 11 is 0. The van der Waals surface area contributed by atoms with Crippen LogP contribution < -0.4 is 0 Å². The fourth-order valence-electron chi connectivity index (χ4n) is 2.20. The van der Waals surface area contributed by atoms with Crippen LogP contribution in [0.2, 0.25) is 0 Å². The van der Waals surface area contributed by atoms with E-state index in [0.29, 0.717) is 5.56 Å². The lowest BCUT2D eigenvalue weighted by Gasteiger charge is -2.19. The normalized spacial score (nSPS) is 13.2. The Balaban J connectivity index is 2.72. The van der Waals surface area contributed by atoms with Crippen LogP contribution in [-0.4, -0.2) is 29.8 Å². The standard InChI is InChI=1S/C18H25N3O3/c1-2-3-4-5-6-10-13-17(16(14-22)20-21-19)24-18(23)15-11-8-7-9-12-15/h7-13,16-17,22H,2-6,14H2,1H3/t16-,17+/m0/s1. The van der Waals surface area contributed by atoms with Crippen LogP contribution in [0.1, 0.15) is 49.4 Å². The molecule has 1 aromatic rings. The number of nitrogens with zero attached hydrogens (tertiary/aromatic N) is 3. The maximum Gasteiger partial charge on any atom is 0.338 e. The summed E-state index contributed by atoms with van der Waals surface area (Å²) in [4.78, 5) is 14.9. The highest BCUT2D eigenvalue weighted by atomic mass is 16.5. The lowest BCUT2D eigenvalue weighted by molar-refractivity contribution is 0.0304. The van der Waals surface area contributed by atoms with Crippen LogP contribution in [0.25, 0.3) is 10.4 Å². The van der Waals surface area contributed by atoms with Gasteiger partial charge in [-0.1, -0.05) is 55.6 Å². The van der Waals surface area contributed by atoms with Gasteiger partial charge in [0.25, 0.3) is 0 Å². The molecule has 0 aliphatic rings. The summed E-state index contributed by atoms with van der Waals surface area (Å²) < 4.78 is 5.42. The van der Waals surface area contributed by atoms with Crippen LogP contribution in [0.4, 0.5) is 0 Å². The van der Waals surface area contributed by atoms with Gasteiger partial charge in [0, 0.05) is 4.91 Å². The van der Waals surface area contributed by atoms with Crippen LogP contribution >= 0.6 is 0 Å². The third kappa shape index (κ3) is 7.31. The van der Waals surface area contributed by atoms with Crippen molar-refractivity contribution in [2.24, 2.45) is 5.11 Å². The van der Waals surface area contributed by atoms with Crippen LogP contribution in [0.3, 0.4) is 0 Å². The van der Waals surface area contributed by atoms with E-state index in [1.807, 2.05) is 6.08 Å². The Hall–Kier alpha value is -2.30. The fourth-order valence-corrected chi connectivity index (χ4v) is 2.20. The van der Waals surface area contributed by atoms with E-state index in [1.165, 1.54) is 12.8 Å². The van der Waals surface area contributed by atoms with E-state index >= 15 is 0 Å². The molecular formula is C18H25N3O3. The van der Waals surface area contributed by atoms with Crippen molar-refractivity contribution in [3.05, 3.63) is 58.5 Å². The molecule has 1 N–H and O–H groups in total. The average Bonchev–Trinajstić information content (AvgIpc) is 2.62. The molecule has 6 nitrogen and oxygen atoms in total. The van der Waals surface area contributed by atoms with Crippen LogP contribution in [0.15, 0.2) is 47.6 Å². The lowest BCUT2D eigenvalue weighted by Crippen LogP contribution is -2.31. The van der Waals surface area contributed by atoms with Gasteiger partial charge in [0.15, 0.2) is 0 Å². The first-order valence-electron chi connectivity index (χ1n) is 8.30. The van der Waals surface area contributed by atoms with Crippen molar-refractivity contribution in [3.8, 4) is 0 Å². The number of ether oxygens (including phenoxy) is 1. The van der Waals surface area contributed by atoms with Crippen molar-refractivity contribution in [2.75, 3.05) is 6.61 Å². The van der Waals surface area contributed by atoms with E-state index in [-0.39, 0.29) is 0 Å². The Kier molecular flexibility index (Phi) is 10.0.